The van der Waals surface area contributed by atoms with Crippen molar-refractivity contribution < 1.29 is 0 Å². The first-order valence-corrected chi connectivity index (χ1v) is 5.37. The third-order valence-corrected chi connectivity index (χ3v) is 2.26. The largest absolute Gasteiger partial charge is 0.308 e. The van der Waals surface area contributed by atoms with Crippen LogP contribution in [0.4, 0.5) is 0 Å². The summed E-state index contributed by atoms with van der Waals surface area (Å²) in [7, 11) is 0. The van der Waals surface area contributed by atoms with Gasteiger partial charge >= 0.3 is 0 Å². The second-order valence-electron chi connectivity index (χ2n) is 3.67. The van der Waals surface area contributed by atoms with Crippen molar-refractivity contribution >= 4 is 0 Å². The second-order valence-corrected chi connectivity index (χ2v) is 3.67. The molecule has 0 aromatic carbocycles. The predicted molar refractivity (Wildman–Crippen MR) is 63.5 cm³/mol. The maximum atomic E-state index is 5.36. The Morgan fingerprint density at radius 2 is 2.40 bits per heavy atom. The van der Waals surface area contributed by atoms with Gasteiger partial charge in [-0.1, -0.05) is 6.92 Å². The zero-order valence-corrected chi connectivity index (χ0v) is 9.46. The third kappa shape index (κ3) is 3.73. The summed E-state index contributed by atoms with van der Waals surface area (Å²) in [4.78, 5) is 4.35. The molecule has 1 unspecified atom stereocenters. The molecule has 0 amide bonds. The molecule has 0 aliphatic rings. The van der Waals surface area contributed by atoms with Crippen molar-refractivity contribution in [1.29, 1.82) is 0 Å². The molecule has 1 aromatic rings. The Bertz CT molecular complexity index is 339. The van der Waals surface area contributed by atoms with Gasteiger partial charge in [0.1, 0.15) is 0 Å². The first-order chi connectivity index (χ1) is 7.27. The van der Waals surface area contributed by atoms with Crippen molar-refractivity contribution in [3.05, 3.63) is 29.6 Å². The molecule has 80 valence electrons. The lowest BCUT2D eigenvalue weighted by atomic mass is 10.1. The molecule has 1 N–H and O–H groups in total. The number of terminal acetylenes is 1. The summed E-state index contributed by atoms with van der Waals surface area (Å²) in [6.07, 6.45) is 8.99. The van der Waals surface area contributed by atoms with Gasteiger partial charge in [0, 0.05) is 12.6 Å². The first-order valence-electron chi connectivity index (χ1n) is 5.37. The van der Waals surface area contributed by atoms with Gasteiger partial charge in [-0.15, -0.1) is 12.3 Å². The van der Waals surface area contributed by atoms with E-state index in [4.69, 9.17) is 6.42 Å². The second kappa shape index (κ2) is 6.21. The molecule has 0 bridgehead atoms. The van der Waals surface area contributed by atoms with Gasteiger partial charge in [0.05, 0.1) is 11.7 Å². The molecule has 0 aliphatic heterocycles. The zero-order chi connectivity index (χ0) is 11.1. The van der Waals surface area contributed by atoms with Gasteiger partial charge in [-0.25, -0.2) is 0 Å². The van der Waals surface area contributed by atoms with E-state index < -0.39 is 0 Å². The van der Waals surface area contributed by atoms with E-state index in [1.54, 1.807) is 0 Å². The molecule has 0 saturated heterocycles. The molecular weight excluding hydrogens is 184 g/mol. The highest BCUT2D eigenvalue weighted by molar-refractivity contribution is 5.18. The van der Waals surface area contributed by atoms with Crippen LogP contribution in [0, 0.1) is 19.3 Å². The molecule has 0 radical (unpaired) electrons. The van der Waals surface area contributed by atoms with Gasteiger partial charge in [-0.2, -0.15) is 0 Å². The molecule has 15 heavy (non-hydrogen) atoms. The van der Waals surface area contributed by atoms with Gasteiger partial charge in [0.15, 0.2) is 0 Å². The van der Waals surface area contributed by atoms with Crippen molar-refractivity contribution in [3.63, 3.8) is 0 Å². The van der Waals surface area contributed by atoms with Gasteiger partial charge in [-0.3, -0.25) is 4.98 Å². The summed E-state index contributed by atoms with van der Waals surface area (Å²) in [5.41, 5.74) is 2.27. The molecule has 0 spiro atoms. The van der Waals surface area contributed by atoms with Gasteiger partial charge in [0.2, 0.25) is 0 Å². The standard InChI is InChI=1S/C13H18N2/c1-4-6-12(14-8-5-2)13-10-11(3)7-9-15-13/h1,7,9-10,12,14H,5-6,8H2,2-3H3. The van der Waals surface area contributed by atoms with E-state index in [-0.39, 0.29) is 6.04 Å². The number of pyridine rings is 1. The monoisotopic (exact) mass is 202 g/mol. The van der Waals surface area contributed by atoms with Crippen LogP contribution >= 0.6 is 0 Å². The Morgan fingerprint density at radius 1 is 1.60 bits per heavy atom. The van der Waals surface area contributed by atoms with Crippen LogP contribution in [0.1, 0.15) is 37.1 Å². The quantitative estimate of drug-likeness (QED) is 0.742. The maximum absolute atomic E-state index is 5.36. The lowest BCUT2D eigenvalue weighted by Crippen LogP contribution is -2.22. The van der Waals surface area contributed by atoms with Crippen molar-refractivity contribution in [3.8, 4) is 12.3 Å². The SMILES string of the molecule is C#CCC(NCCC)c1cc(C)ccn1. The average Bonchev–Trinajstić information content (AvgIpc) is 2.24. The van der Waals surface area contributed by atoms with Gasteiger partial charge in [-0.05, 0) is 37.6 Å². The summed E-state index contributed by atoms with van der Waals surface area (Å²) in [5.74, 6) is 2.69. The van der Waals surface area contributed by atoms with Crippen LogP contribution in [0.5, 0.6) is 0 Å². The lowest BCUT2D eigenvalue weighted by Gasteiger charge is -2.15. The van der Waals surface area contributed by atoms with Crippen molar-refractivity contribution in [2.24, 2.45) is 0 Å². The predicted octanol–water partition coefficient (Wildman–Crippen LogP) is 2.45. The number of nitrogens with one attached hydrogen (secondary N) is 1. The van der Waals surface area contributed by atoms with E-state index in [1.807, 2.05) is 12.3 Å². The van der Waals surface area contributed by atoms with E-state index in [2.05, 4.69) is 36.1 Å². The molecule has 1 aromatic heterocycles. The lowest BCUT2D eigenvalue weighted by molar-refractivity contribution is 0.530. The molecular formula is C13H18N2. The van der Waals surface area contributed by atoms with Crippen LogP contribution in [0.3, 0.4) is 0 Å². The van der Waals surface area contributed by atoms with E-state index in [0.29, 0.717) is 6.42 Å². The fraction of sp³-hybridized carbons (Fsp3) is 0.462. The van der Waals surface area contributed by atoms with Crippen LogP contribution in [-0.4, -0.2) is 11.5 Å². The molecule has 1 rings (SSSR count). The highest BCUT2D eigenvalue weighted by Crippen LogP contribution is 2.14. The molecule has 0 saturated carbocycles. The van der Waals surface area contributed by atoms with E-state index in [0.717, 1.165) is 18.7 Å². The van der Waals surface area contributed by atoms with Crippen molar-refractivity contribution in [1.82, 2.24) is 10.3 Å². The molecule has 2 nitrogen and oxygen atoms in total. The van der Waals surface area contributed by atoms with Crippen molar-refractivity contribution in [2.75, 3.05) is 6.54 Å². The Kier molecular flexibility index (Phi) is 4.86. The normalized spacial score (nSPS) is 12.1. The van der Waals surface area contributed by atoms with E-state index in [1.165, 1.54) is 5.56 Å². The van der Waals surface area contributed by atoms with Crippen LogP contribution < -0.4 is 5.32 Å². The topological polar surface area (TPSA) is 24.9 Å². The Labute approximate surface area is 92.1 Å². The number of hydrogen-bond donors (Lipinski definition) is 1. The minimum absolute atomic E-state index is 0.190. The molecule has 0 aliphatic carbocycles. The van der Waals surface area contributed by atoms with Gasteiger partial charge < -0.3 is 5.32 Å². The number of hydrogen-bond acceptors (Lipinski definition) is 2. The number of rotatable bonds is 5. The number of aryl methyl sites for hydroxylation is 1. The molecule has 2 heteroatoms. The smallest absolute Gasteiger partial charge is 0.0605 e. The maximum Gasteiger partial charge on any atom is 0.0605 e. The van der Waals surface area contributed by atoms with Crippen LogP contribution in [-0.2, 0) is 0 Å². The van der Waals surface area contributed by atoms with Crippen LogP contribution in [0.25, 0.3) is 0 Å². The average molecular weight is 202 g/mol. The third-order valence-electron chi connectivity index (χ3n) is 2.26. The summed E-state index contributed by atoms with van der Waals surface area (Å²) >= 11 is 0. The van der Waals surface area contributed by atoms with Crippen LogP contribution in [0.2, 0.25) is 0 Å². The first kappa shape index (κ1) is 11.7. The molecule has 1 atom stereocenters. The van der Waals surface area contributed by atoms with E-state index in [9.17, 15) is 0 Å². The molecule has 0 fully saturated rings. The zero-order valence-electron chi connectivity index (χ0n) is 9.46. The number of nitrogens with zero attached hydrogens (tertiary/aromatic N) is 1. The fourth-order valence-corrected chi connectivity index (χ4v) is 1.47. The molecule has 1 heterocycles. The van der Waals surface area contributed by atoms with E-state index >= 15 is 0 Å². The summed E-state index contributed by atoms with van der Waals surface area (Å²) in [6.45, 7) is 5.18. The fourth-order valence-electron chi connectivity index (χ4n) is 1.47. The minimum Gasteiger partial charge on any atom is -0.308 e. The summed E-state index contributed by atoms with van der Waals surface area (Å²) < 4.78 is 0. The Balaban J connectivity index is 2.75. The van der Waals surface area contributed by atoms with Crippen LogP contribution in [0.15, 0.2) is 18.3 Å². The Morgan fingerprint density at radius 3 is 3.00 bits per heavy atom. The van der Waals surface area contributed by atoms with Crippen molar-refractivity contribution in [2.45, 2.75) is 32.7 Å². The Hall–Kier alpha value is -1.33. The highest BCUT2D eigenvalue weighted by Gasteiger charge is 2.10. The number of aromatic nitrogens is 1. The highest BCUT2D eigenvalue weighted by atomic mass is 14.9. The van der Waals surface area contributed by atoms with Gasteiger partial charge in [0.25, 0.3) is 0 Å². The summed E-state index contributed by atoms with van der Waals surface area (Å²) in [5, 5.41) is 3.41. The summed E-state index contributed by atoms with van der Waals surface area (Å²) in [6, 6.07) is 4.27. The minimum atomic E-state index is 0.190.